The number of furan rings is 1. The van der Waals surface area contributed by atoms with Gasteiger partial charge in [-0.1, -0.05) is 24.3 Å². The van der Waals surface area contributed by atoms with Crippen molar-refractivity contribution in [2.45, 2.75) is 6.67 Å². The maximum Gasteiger partial charge on any atom is 0.181 e. The Balaban J connectivity index is 0.796. The highest BCUT2D eigenvalue weighted by Gasteiger charge is 2.21. The van der Waals surface area contributed by atoms with Crippen LogP contribution >= 0.6 is 0 Å². The summed E-state index contributed by atoms with van der Waals surface area (Å²) in [6.45, 7) is 1.53. The Labute approximate surface area is 379 Å². The van der Waals surface area contributed by atoms with Gasteiger partial charge in [-0.25, -0.2) is 39.0 Å². The molecular weight excluding hydrogens is 848 g/mol. The van der Waals surface area contributed by atoms with E-state index in [0.29, 0.717) is 76.5 Å². The van der Waals surface area contributed by atoms with Gasteiger partial charge in [-0.15, -0.1) is 0 Å². The number of aromatic nitrogens is 13. The zero-order valence-corrected chi connectivity index (χ0v) is 35.6. The van der Waals surface area contributed by atoms with E-state index < -0.39 is 0 Å². The molecule has 0 spiro atoms. The number of hydrogen-bond acceptors (Lipinski definition) is 13. The number of halogens is 1. The number of rotatable bonds is 12. The van der Waals surface area contributed by atoms with E-state index >= 15 is 4.39 Å². The lowest BCUT2D eigenvalue weighted by Crippen LogP contribution is -2.28. The van der Waals surface area contributed by atoms with Crippen molar-refractivity contribution in [1.29, 1.82) is 0 Å². The summed E-state index contributed by atoms with van der Waals surface area (Å²) < 4.78 is 22.7. The number of nitrogens with zero attached hydrogens (tertiary/aromatic N) is 11. The molecule has 326 valence electrons. The van der Waals surface area contributed by atoms with Crippen molar-refractivity contribution in [3.63, 3.8) is 0 Å². The molecule has 12 rings (SSSR count). The van der Waals surface area contributed by atoms with Gasteiger partial charge in [0.05, 0.1) is 57.7 Å². The zero-order valence-electron chi connectivity index (χ0n) is 35.6. The Bertz CT molecular complexity index is 3780. The van der Waals surface area contributed by atoms with E-state index in [0.717, 1.165) is 66.3 Å². The quantitative estimate of drug-likeness (QED) is 0.0774. The van der Waals surface area contributed by atoms with Crippen LogP contribution in [0.1, 0.15) is 0 Å². The number of imidazole rings is 2. The molecule has 18 heteroatoms. The van der Waals surface area contributed by atoms with Gasteiger partial charge in [-0.2, -0.15) is 10.2 Å². The summed E-state index contributed by atoms with van der Waals surface area (Å²) in [5, 5.41) is 17.7. The molecule has 0 unspecified atom stereocenters. The monoisotopic (exact) mass is 884 g/mol. The van der Waals surface area contributed by atoms with Crippen molar-refractivity contribution in [1.82, 2.24) is 69.7 Å². The number of nitrogens with two attached hydrogens (primary N) is 1. The Morgan fingerprint density at radius 2 is 1.46 bits per heavy atom. The van der Waals surface area contributed by atoms with Crippen LogP contribution in [0, 0.1) is 5.82 Å². The molecule has 0 bridgehead atoms. The first-order valence-electron chi connectivity index (χ1n) is 21.3. The summed E-state index contributed by atoms with van der Waals surface area (Å²) in [5.74, 6) is 0.809. The highest BCUT2D eigenvalue weighted by atomic mass is 19.1. The van der Waals surface area contributed by atoms with Crippen LogP contribution in [-0.4, -0.2) is 89.9 Å². The van der Waals surface area contributed by atoms with Crippen LogP contribution in [0.4, 0.5) is 15.8 Å². The highest BCUT2D eigenvalue weighted by molar-refractivity contribution is 5.99. The van der Waals surface area contributed by atoms with Crippen molar-refractivity contribution in [3.05, 3.63) is 141 Å². The average molecular weight is 885 g/mol. The lowest BCUT2D eigenvalue weighted by Gasteiger charge is -2.18. The minimum atomic E-state index is -0.374. The minimum absolute atomic E-state index is 0.374. The number of likely N-dealkylation sites (N-methyl/N-ethyl adjacent to an activating group) is 1. The van der Waals surface area contributed by atoms with Crippen LogP contribution in [0.15, 0.2) is 139 Å². The van der Waals surface area contributed by atoms with E-state index in [-0.39, 0.29) is 5.82 Å². The van der Waals surface area contributed by atoms with Crippen molar-refractivity contribution in [2.24, 2.45) is 0 Å². The van der Waals surface area contributed by atoms with Crippen LogP contribution in [0.25, 0.3) is 112 Å². The van der Waals surface area contributed by atoms with Crippen LogP contribution in [0.3, 0.4) is 0 Å². The summed E-state index contributed by atoms with van der Waals surface area (Å²) in [7, 11) is 2.00. The summed E-state index contributed by atoms with van der Waals surface area (Å²) in [4.78, 5) is 41.2. The van der Waals surface area contributed by atoms with Crippen LogP contribution in [0.2, 0.25) is 0 Å². The lowest BCUT2D eigenvalue weighted by atomic mass is 10.0. The van der Waals surface area contributed by atoms with E-state index in [1.807, 2.05) is 78.5 Å². The third kappa shape index (κ3) is 7.32. The van der Waals surface area contributed by atoms with Gasteiger partial charge in [-0.3, -0.25) is 15.0 Å². The van der Waals surface area contributed by atoms with Crippen LogP contribution in [-0.2, 0) is 6.67 Å². The highest BCUT2D eigenvalue weighted by Crippen LogP contribution is 2.36. The second-order valence-corrected chi connectivity index (χ2v) is 16.2. The van der Waals surface area contributed by atoms with Gasteiger partial charge >= 0.3 is 0 Å². The fraction of sp³-hybridized carbons (Fsp3) is 0.0816. The van der Waals surface area contributed by atoms with E-state index in [4.69, 9.17) is 30.2 Å². The van der Waals surface area contributed by atoms with Crippen molar-refractivity contribution in [3.8, 4) is 67.5 Å². The number of pyridine rings is 3. The molecule has 9 heterocycles. The van der Waals surface area contributed by atoms with Gasteiger partial charge in [-0.05, 0) is 67.2 Å². The molecule has 3 aromatic carbocycles. The summed E-state index contributed by atoms with van der Waals surface area (Å²) >= 11 is 0. The van der Waals surface area contributed by atoms with E-state index in [1.54, 1.807) is 49.7 Å². The lowest BCUT2D eigenvalue weighted by molar-refractivity contribution is 0.268. The van der Waals surface area contributed by atoms with Crippen molar-refractivity contribution >= 4 is 55.5 Å². The third-order valence-electron chi connectivity index (χ3n) is 11.7. The number of aromatic amines is 3. The first-order valence-corrected chi connectivity index (χ1v) is 21.3. The second-order valence-electron chi connectivity index (χ2n) is 16.2. The smallest absolute Gasteiger partial charge is 0.181 e. The van der Waals surface area contributed by atoms with Crippen LogP contribution in [0.5, 0.6) is 0 Å². The number of nitrogens with one attached hydrogen (secondary N) is 4. The number of H-pyrrole nitrogens is 3. The largest absolute Gasteiger partial charge is 0.472 e. The summed E-state index contributed by atoms with van der Waals surface area (Å²) in [6, 6.07) is 24.6. The van der Waals surface area contributed by atoms with E-state index in [9.17, 15) is 0 Å². The molecule has 6 N–H and O–H groups in total. The first-order chi connectivity index (χ1) is 32.9. The molecule has 67 heavy (non-hydrogen) atoms. The molecule has 9 aromatic heterocycles. The van der Waals surface area contributed by atoms with Crippen LogP contribution < -0.4 is 11.1 Å². The van der Waals surface area contributed by atoms with E-state index in [1.165, 1.54) is 18.5 Å². The van der Waals surface area contributed by atoms with Crippen molar-refractivity contribution < 1.29 is 8.81 Å². The molecule has 0 atom stereocenters. The van der Waals surface area contributed by atoms with E-state index in [2.05, 4.69) is 50.3 Å². The SMILES string of the molecule is CN(CCNc1cc(F)cc(-c2cccc3[nH]c(-c4[nH]nc5ncc(-c6cncc(N)c6)cc45)nc23)c1)Cn1nc(-c2nc3c(-c4ccoc4)cccc3[nH]2)c2cc(-c3cncnc3)cnc21. The molecular formula is C49H37FN16O. The Morgan fingerprint density at radius 3 is 2.27 bits per heavy atom. The molecule has 12 aromatic rings. The molecule has 0 aliphatic carbocycles. The fourth-order valence-electron chi connectivity index (χ4n) is 8.51. The summed E-state index contributed by atoms with van der Waals surface area (Å²) in [5.41, 5.74) is 19.6. The van der Waals surface area contributed by atoms with Gasteiger partial charge < -0.3 is 25.4 Å². The third-order valence-corrected chi connectivity index (χ3v) is 11.7. The Morgan fingerprint density at radius 1 is 0.731 bits per heavy atom. The molecule has 0 saturated heterocycles. The molecule has 0 radical (unpaired) electrons. The van der Waals surface area contributed by atoms with Crippen molar-refractivity contribution in [2.75, 3.05) is 31.2 Å². The Hall–Kier alpha value is -9.16. The standard InChI is InChI=1S/C49H37FN16O/c1-65(26-66-49-39(16-31(22-57-49)32-19-53-25-54-20-32)45(64-66)48-59-40-6-2-4-36(42(40)61-48)27-8-11-67-24-27)10-9-55-35-14-28(12-33(50)17-35)37-5-3-7-41-43(37)60-47(58-41)44-38-15-30(21-56-46(38)63-62-44)29-13-34(51)23-52-18-29/h2-8,11-25,55H,9-10,26,51H2,1H3,(H,58,60)(H,59,61)(H,56,62,63). The number of benzene rings is 3. The predicted octanol–water partition coefficient (Wildman–Crippen LogP) is 8.96. The van der Waals surface area contributed by atoms with Gasteiger partial charge in [0.1, 0.15) is 23.5 Å². The fourth-order valence-corrected chi connectivity index (χ4v) is 8.51. The topological polar surface area (TPSA) is 223 Å². The molecule has 0 fully saturated rings. The number of fused-ring (bicyclic) bond motifs is 4. The first kappa shape index (κ1) is 39.4. The maximum atomic E-state index is 15.4. The van der Waals surface area contributed by atoms with Gasteiger partial charge in [0, 0.05) is 94.9 Å². The molecule has 0 saturated carbocycles. The van der Waals surface area contributed by atoms with Gasteiger partial charge in [0.15, 0.2) is 22.9 Å². The molecule has 0 amide bonds. The molecule has 0 aliphatic rings. The maximum absolute atomic E-state index is 15.4. The number of para-hydroxylation sites is 2. The van der Waals surface area contributed by atoms with Gasteiger partial charge in [0.2, 0.25) is 0 Å². The number of nitrogen functional groups attached to an aromatic ring is 1. The molecule has 17 nitrogen and oxygen atoms in total. The zero-order chi connectivity index (χ0) is 45.0. The van der Waals surface area contributed by atoms with Gasteiger partial charge in [0.25, 0.3) is 0 Å². The normalized spacial score (nSPS) is 11.8. The number of hydrogen-bond donors (Lipinski definition) is 5. The summed E-state index contributed by atoms with van der Waals surface area (Å²) in [6.07, 6.45) is 15.3. The predicted molar refractivity (Wildman–Crippen MR) is 254 cm³/mol. The number of anilines is 2. The molecule has 0 aliphatic heterocycles. The minimum Gasteiger partial charge on any atom is -0.472 e. The Kier molecular flexibility index (Phi) is 9.49. The average Bonchev–Trinajstić information content (AvgIpc) is 4.21. The second kappa shape index (κ2) is 16.1.